The molecular formula is C15H21NO3. The average Bonchev–Trinajstić information content (AvgIpc) is 2.36. The fourth-order valence-electron chi connectivity index (χ4n) is 1.60. The quantitative estimate of drug-likeness (QED) is 0.825. The number of rotatable bonds is 6. The van der Waals surface area contributed by atoms with Gasteiger partial charge in [0.2, 0.25) is 5.91 Å². The topological polar surface area (TPSA) is 66.4 Å². The summed E-state index contributed by atoms with van der Waals surface area (Å²) < 4.78 is 0. The van der Waals surface area contributed by atoms with Crippen molar-refractivity contribution in [2.75, 3.05) is 6.54 Å². The summed E-state index contributed by atoms with van der Waals surface area (Å²) in [4.78, 5) is 22.7. The number of carboxylic acid groups (broad SMARTS) is 1. The third-order valence-corrected chi connectivity index (χ3v) is 3.07. The molecule has 0 saturated carbocycles. The van der Waals surface area contributed by atoms with Crippen LogP contribution in [0.25, 0.3) is 0 Å². The second-order valence-electron chi connectivity index (χ2n) is 5.32. The van der Waals surface area contributed by atoms with Crippen LogP contribution in [0.3, 0.4) is 0 Å². The molecule has 19 heavy (non-hydrogen) atoms. The van der Waals surface area contributed by atoms with E-state index in [4.69, 9.17) is 5.11 Å². The van der Waals surface area contributed by atoms with Gasteiger partial charge in [0.1, 0.15) is 0 Å². The molecule has 0 spiro atoms. The molecule has 0 aliphatic carbocycles. The summed E-state index contributed by atoms with van der Waals surface area (Å²) in [6, 6.07) is 7.86. The Hall–Kier alpha value is -1.84. The van der Waals surface area contributed by atoms with Crippen molar-refractivity contribution in [2.24, 2.45) is 5.41 Å². The highest BCUT2D eigenvalue weighted by Gasteiger charge is 2.27. The summed E-state index contributed by atoms with van der Waals surface area (Å²) in [5, 5.41) is 11.6. The molecule has 0 fully saturated rings. The van der Waals surface area contributed by atoms with Gasteiger partial charge in [-0.1, -0.05) is 31.2 Å². The fourth-order valence-corrected chi connectivity index (χ4v) is 1.60. The number of benzene rings is 1. The second-order valence-corrected chi connectivity index (χ2v) is 5.32. The lowest BCUT2D eigenvalue weighted by Gasteiger charge is -2.19. The van der Waals surface area contributed by atoms with E-state index < -0.39 is 11.4 Å². The molecule has 0 aliphatic heterocycles. The molecule has 4 heteroatoms. The van der Waals surface area contributed by atoms with Crippen LogP contribution in [0.2, 0.25) is 0 Å². The van der Waals surface area contributed by atoms with E-state index in [2.05, 4.69) is 12.2 Å². The van der Waals surface area contributed by atoms with Crippen molar-refractivity contribution in [2.45, 2.75) is 33.6 Å². The van der Waals surface area contributed by atoms with Crippen LogP contribution >= 0.6 is 0 Å². The van der Waals surface area contributed by atoms with Crippen LogP contribution < -0.4 is 5.32 Å². The van der Waals surface area contributed by atoms with Crippen molar-refractivity contribution in [3.05, 3.63) is 35.4 Å². The van der Waals surface area contributed by atoms with Crippen LogP contribution in [0.1, 0.15) is 31.9 Å². The van der Waals surface area contributed by atoms with E-state index in [1.54, 1.807) is 13.8 Å². The van der Waals surface area contributed by atoms with Crippen molar-refractivity contribution >= 4 is 11.9 Å². The van der Waals surface area contributed by atoms with E-state index in [0.717, 1.165) is 12.0 Å². The van der Waals surface area contributed by atoms with E-state index in [-0.39, 0.29) is 18.9 Å². The smallest absolute Gasteiger partial charge is 0.310 e. The van der Waals surface area contributed by atoms with Crippen molar-refractivity contribution < 1.29 is 14.7 Å². The van der Waals surface area contributed by atoms with Gasteiger partial charge in [0.05, 0.1) is 11.8 Å². The number of carboxylic acids is 1. The first-order valence-electron chi connectivity index (χ1n) is 6.43. The van der Waals surface area contributed by atoms with Crippen LogP contribution in [0.5, 0.6) is 0 Å². The molecule has 0 atom stereocenters. The molecule has 4 nitrogen and oxygen atoms in total. The zero-order chi connectivity index (χ0) is 14.5. The maximum Gasteiger partial charge on any atom is 0.310 e. The number of hydrogen-bond donors (Lipinski definition) is 2. The van der Waals surface area contributed by atoms with Gasteiger partial charge in [-0.3, -0.25) is 9.59 Å². The first kappa shape index (κ1) is 15.2. The molecule has 104 valence electrons. The van der Waals surface area contributed by atoms with E-state index in [0.29, 0.717) is 0 Å². The molecule has 1 aromatic rings. The molecule has 1 amide bonds. The number of hydrogen-bond acceptors (Lipinski definition) is 2. The summed E-state index contributed by atoms with van der Waals surface area (Å²) in [6.45, 7) is 5.38. The van der Waals surface area contributed by atoms with Crippen molar-refractivity contribution in [1.29, 1.82) is 0 Å². The zero-order valence-electron chi connectivity index (χ0n) is 11.7. The molecule has 0 unspecified atom stereocenters. The molecule has 0 heterocycles. The third kappa shape index (κ3) is 4.73. The lowest BCUT2D eigenvalue weighted by Crippen LogP contribution is -2.39. The first-order chi connectivity index (χ1) is 8.85. The normalized spacial score (nSPS) is 11.1. The predicted molar refractivity (Wildman–Crippen MR) is 74.0 cm³/mol. The minimum absolute atomic E-state index is 0.134. The van der Waals surface area contributed by atoms with E-state index in [9.17, 15) is 9.59 Å². The Morgan fingerprint density at radius 3 is 2.47 bits per heavy atom. The zero-order valence-corrected chi connectivity index (χ0v) is 11.7. The van der Waals surface area contributed by atoms with Gasteiger partial charge in [-0.2, -0.15) is 0 Å². The highest BCUT2D eigenvalue weighted by Crippen LogP contribution is 2.13. The maximum atomic E-state index is 11.8. The van der Waals surface area contributed by atoms with Crippen molar-refractivity contribution in [1.82, 2.24) is 5.32 Å². The Bertz CT molecular complexity index is 466. The summed E-state index contributed by atoms with van der Waals surface area (Å²) in [5.74, 6) is -1.07. The monoisotopic (exact) mass is 263 g/mol. The molecule has 0 aliphatic rings. The first-order valence-corrected chi connectivity index (χ1v) is 6.43. The van der Waals surface area contributed by atoms with Crippen LogP contribution in [0.15, 0.2) is 24.3 Å². The van der Waals surface area contributed by atoms with Crippen LogP contribution in [-0.4, -0.2) is 23.5 Å². The number of nitrogens with one attached hydrogen (secondary N) is 1. The highest BCUT2D eigenvalue weighted by molar-refractivity contribution is 5.80. The van der Waals surface area contributed by atoms with E-state index in [1.807, 2.05) is 24.3 Å². The van der Waals surface area contributed by atoms with E-state index >= 15 is 0 Å². The number of aryl methyl sites for hydroxylation is 1. The molecule has 0 saturated heterocycles. The van der Waals surface area contributed by atoms with Crippen molar-refractivity contribution in [3.8, 4) is 0 Å². The van der Waals surface area contributed by atoms with Gasteiger partial charge in [0, 0.05) is 6.54 Å². The summed E-state index contributed by atoms with van der Waals surface area (Å²) >= 11 is 0. The Morgan fingerprint density at radius 2 is 1.89 bits per heavy atom. The molecule has 1 aromatic carbocycles. The van der Waals surface area contributed by atoms with Gasteiger partial charge in [0.25, 0.3) is 0 Å². The molecular weight excluding hydrogens is 242 g/mol. The Morgan fingerprint density at radius 1 is 1.26 bits per heavy atom. The fraction of sp³-hybridized carbons (Fsp3) is 0.467. The molecule has 1 rings (SSSR count). The lowest BCUT2D eigenvalue weighted by atomic mass is 9.94. The second kappa shape index (κ2) is 6.36. The standard InChI is InChI=1S/C15H21NO3/c1-4-11-6-5-7-12(8-11)9-13(17)16-10-15(2,3)14(18)19/h5-8H,4,9-10H2,1-3H3,(H,16,17)(H,18,19). The SMILES string of the molecule is CCc1cccc(CC(=O)NCC(C)(C)C(=O)O)c1. The number of carbonyl (C=O) groups is 2. The largest absolute Gasteiger partial charge is 0.481 e. The molecule has 0 radical (unpaired) electrons. The number of amides is 1. The number of aliphatic carboxylic acids is 1. The summed E-state index contributed by atoms with van der Waals surface area (Å²) in [5.41, 5.74) is 1.20. The predicted octanol–water partition coefficient (Wildman–Crippen LogP) is 2.02. The Balaban J connectivity index is 2.54. The van der Waals surface area contributed by atoms with Gasteiger partial charge < -0.3 is 10.4 Å². The molecule has 0 aromatic heterocycles. The minimum Gasteiger partial charge on any atom is -0.481 e. The van der Waals surface area contributed by atoms with Gasteiger partial charge in [-0.15, -0.1) is 0 Å². The highest BCUT2D eigenvalue weighted by atomic mass is 16.4. The average molecular weight is 263 g/mol. The lowest BCUT2D eigenvalue weighted by molar-refractivity contribution is -0.146. The van der Waals surface area contributed by atoms with E-state index in [1.165, 1.54) is 5.56 Å². The number of carbonyl (C=O) groups excluding carboxylic acids is 1. The Kier molecular flexibility index (Phi) is 5.10. The summed E-state index contributed by atoms with van der Waals surface area (Å²) in [7, 11) is 0. The van der Waals surface area contributed by atoms with Crippen LogP contribution in [0, 0.1) is 5.41 Å². The van der Waals surface area contributed by atoms with Gasteiger partial charge >= 0.3 is 5.97 Å². The minimum atomic E-state index is -0.944. The van der Waals surface area contributed by atoms with Crippen LogP contribution in [-0.2, 0) is 22.4 Å². The maximum absolute atomic E-state index is 11.8. The van der Waals surface area contributed by atoms with Crippen molar-refractivity contribution in [3.63, 3.8) is 0 Å². The third-order valence-electron chi connectivity index (χ3n) is 3.07. The van der Waals surface area contributed by atoms with Crippen LogP contribution in [0.4, 0.5) is 0 Å². The summed E-state index contributed by atoms with van der Waals surface area (Å²) in [6.07, 6.45) is 1.21. The van der Waals surface area contributed by atoms with Gasteiger partial charge in [-0.25, -0.2) is 0 Å². The van der Waals surface area contributed by atoms with Gasteiger partial charge in [-0.05, 0) is 31.4 Å². The van der Waals surface area contributed by atoms with Gasteiger partial charge in [0.15, 0.2) is 0 Å². The molecule has 0 bridgehead atoms. The molecule has 2 N–H and O–H groups in total. The Labute approximate surface area is 113 Å².